The van der Waals surface area contributed by atoms with Gasteiger partial charge in [0.15, 0.2) is 0 Å². The summed E-state index contributed by atoms with van der Waals surface area (Å²) in [5, 5.41) is 0. The average molecular weight is 168 g/mol. The lowest BCUT2D eigenvalue weighted by atomic mass is 10.1. The molecule has 0 bridgehead atoms. The zero-order valence-electron chi connectivity index (χ0n) is 6.13. The molecule has 0 radical (unpaired) electrons. The number of hydrogen-bond donors (Lipinski definition) is 1. The molecule has 58 valence electrons. The van der Waals surface area contributed by atoms with Gasteiger partial charge in [-0.05, 0) is 23.8 Å². The van der Waals surface area contributed by atoms with E-state index in [-0.39, 0.29) is 0 Å². The van der Waals surface area contributed by atoms with Crippen LogP contribution < -0.4 is 4.84 Å². The second-order valence-corrected chi connectivity index (χ2v) is 3.19. The molecular weight excluding hydrogens is 158 g/mol. The lowest BCUT2D eigenvalue weighted by Crippen LogP contribution is -2.02. The SMILES string of the molecule is ClNC1CC1c1ccccc1. The Morgan fingerprint density at radius 3 is 2.55 bits per heavy atom. The van der Waals surface area contributed by atoms with Crippen LogP contribution in [0.25, 0.3) is 0 Å². The summed E-state index contributed by atoms with van der Waals surface area (Å²) in [5.41, 5.74) is 1.39. The van der Waals surface area contributed by atoms with Crippen molar-refractivity contribution >= 4 is 11.8 Å². The Balaban J connectivity index is 2.09. The van der Waals surface area contributed by atoms with Crippen LogP contribution in [0.1, 0.15) is 17.9 Å². The van der Waals surface area contributed by atoms with Crippen LogP contribution in [-0.2, 0) is 0 Å². The largest absolute Gasteiger partial charge is 0.230 e. The number of rotatable bonds is 2. The van der Waals surface area contributed by atoms with Gasteiger partial charge in [-0.3, -0.25) is 0 Å². The fourth-order valence-corrected chi connectivity index (χ4v) is 1.63. The van der Waals surface area contributed by atoms with Crippen LogP contribution >= 0.6 is 11.8 Å². The second kappa shape index (κ2) is 2.84. The Morgan fingerprint density at radius 1 is 1.27 bits per heavy atom. The lowest BCUT2D eigenvalue weighted by molar-refractivity contribution is 0.907. The van der Waals surface area contributed by atoms with Crippen molar-refractivity contribution in [3.63, 3.8) is 0 Å². The predicted molar refractivity (Wildman–Crippen MR) is 46.6 cm³/mol. The van der Waals surface area contributed by atoms with Crippen LogP contribution in [0.3, 0.4) is 0 Å². The van der Waals surface area contributed by atoms with Gasteiger partial charge in [-0.1, -0.05) is 30.3 Å². The van der Waals surface area contributed by atoms with Crippen LogP contribution in [0.5, 0.6) is 0 Å². The molecule has 0 aromatic heterocycles. The first-order valence-corrected chi connectivity index (χ1v) is 4.20. The topological polar surface area (TPSA) is 12.0 Å². The van der Waals surface area contributed by atoms with Crippen molar-refractivity contribution in [1.29, 1.82) is 0 Å². The van der Waals surface area contributed by atoms with Crippen molar-refractivity contribution in [2.75, 3.05) is 0 Å². The van der Waals surface area contributed by atoms with Crippen LogP contribution in [0.15, 0.2) is 30.3 Å². The molecular formula is C9H10ClN. The van der Waals surface area contributed by atoms with Gasteiger partial charge in [-0.2, -0.15) is 0 Å². The molecule has 2 heteroatoms. The van der Waals surface area contributed by atoms with E-state index in [1.807, 2.05) is 6.07 Å². The summed E-state index contributed by atoms with van der Waals surface area (Å²) in [5.74, 6) is 0.647. The predicted octanol–water partition coefficient (Wildman–Crippen LogP) is 2.29. The Hall–Kier alpha value is -0.530. The minimum atomic E-state index is 0.499. The molecule has 2 atom stereocenters. The molecule has 0 saturated heterocycles. The first kappa shape index (κ1) is 7.14. The summed E-state index contributed by atoms with van der Waals surface area (Å²) >= 11 is 5.49. The highest BCUT2D eigenvalue weighted by Gasteiger charge is 2.37. The highest BCUT2D eigenvalue weighted by molar-refractivity contribution is 6.13. The smallest absolute Gasteiger partial charge is 0.0296 e. The molecule has 0 heterocycles. The van der Waals surface area contributed by atoms with Crippen LogP contribution in [0.4, 0.5) is 0 Å². The van der Waals surface area contributed by atoms with Crippen molar-refractivity contribution in [3.05, 3.63) is 35.9 Å². The van der Waals surface area contributed by atoms with E-state index in [9.17, 15) is 0 Å². The highest BCUT2D eigenvalue weighted by Crippen LogP contribution is 2.40. The second-order valence-electron chi connectivity index (χ2n) is 2.97. The summed E-state index contributed by atoms with van der Waals surface area (Å²) in [6.07, 6.45) is 1.17. The zero-order chi connectivity index (χ0) is 7.68. The van der Waals surface area contributed by atoms with E-state index in [0.717, 1.165) is 0 Å². The Bertz CT molecular complexity index is 235. The quantitative estimate of drug-likeness (QED) is 0.667. The van der Waals surface area contributed by atoms with E-state index in [2.05, 4.69) is 29.1 Å². The molecule has 2 unspecified atom stereocenters. The van der Waals surface area contributed by atoms with Crippen molar-refractivity contribution in [2.45, 2.75) is 18.4 Å². The Labute approximate surface area is 71.5 Å². The van der Waals surface area contributed by atoms with Gasteiger partial charge in [-0.25, -0.2) is 4.84 Å². The fraction of sp³-hybridized carbons (Fsp3) is 0.333. The first-order chi connectivity index (χ1) is 5.42. The molecule has 1 aromatic rings. The van der Waals surface area contributed by atoms with Gasteiger partial charge < -0.3 is 0 Å². The monoisotopic (exact) mass is 167 g/mol. The minimum absolute atomic E-state index is 0.499. The maximum atomic E-state index is 5.49. The molecule has 1 aromatic carbocycles. The number of halogens is 1. The van der Waals surface area contributed by atoms with E-state index in [0.29, 0.717) is 12.0 Å². The minimum Gasteiger partial charge on any atom is -0.230 e. The molecule has 11 heavy (non-hydrogen) atoms. The van der Waals surface area contributed by atoms with E-state index >= 15 is 0 Å². The summed E-state index contributed by atoms with van der Waals surface area (Å²) in [6.45, 7) is 0. The summed E-state index contributed by atoms with van der Waals surface area (Å²) in [6, 6.07) is 11.0. The maximum Gasteiger partial charge on any atom is 0.0296 e. The summed E-state index contributed by atoms with van der Waals surface area (Å²) < 4.78 is 0. The highest BCUT2D eigenvalue weighted by atomic mass is 35.5. The molecule has 2 rings (SSSR count). The first-order valence-electron chi connectivity index (χ1n) is 3.83. The fourth-order valence-electron chi connectivity index (χ4n) is 1.38. The van der Waals surface area contributed by atoms with Crippen LogP contribution in [0.2, 0.25) is 0 Å². The van der Waals surface area contributed by atoms with Gasteiger partial charge in [0.1, 0.15) is 0 Å². The number of hydrogen-bond acceptors (Lipinski definition) is 1. The third-order valence-corrected chi connectivity index (χ3v) is 2.44. The van der Waals surface area contributed by atoms with Crippen LogP contribution in [-0.4, -0.2) is 6.04 Å². The van der Waals surface area contributed by atoms with Crippen molar-refractivity contribution in [2.24, 2.45) is 0 Å². The van der Waals surface area contributed by atoms with Crippen molar-refractivity contribution in [1.82, 2.24) is 4.84 Å². The van der Waals surface area contributed by atoms with Gasteiger partial charge in [0.2, 0.25) is 0 Å². The lowest BCUT2D eigenvalue weighted by Gasteiger charge is -1.96. The molecule has 1 fully saturated rings. The van der Waals surface area contributed by atoms with Gasteiger partial charge in [0, 0.05) is 12.0 Å². The normalized spacial score (nSPS) is 28.5. The van der Waals surface area contributed by atoms with E-state index in [1.165, 1.54) is 12.0 Å². The number of nitrogens with one attached hydrogen (secondary N) is 1. The third-order valence-electron chi connectivity index (χ3n) is 2.16. The Morgan fingerprint density at radius 2 is 2.00 bits per heavy atom. The Kier molecular flexibility index (Phi) is 1.84. The van der Waals surface area contributed by atoms with E-state index in [1.54, 1.807) is 0 Å². The number of benzene rings is 1. The average Bonchev–Trinajstić information content (AvgIpc) is 2.85. The maximum absolute atomic E-state index is 5.49. The standard InChI is InChI=1S/C9H10ClN/c10-11-9-6-8(9)7-4-2-1-3-5-7/h1-5,8-9,11H,6H2. The van der Waals surface area contributed by atoms with Crippen molar-refractivity contribution in [3.8, 4) is 0 Å². The summed E-state index contributed by atoms with van der Waals surface area (Å²) in [7, 11) is 0. The van der Waals surface area contributed by atoms with Crippen molar-refractivity contribution < 1.29 is 0 Å². The molecule has 0 aliphatic heterocycles. The molecule has 1 aliphatic carbocycles. The zero-order valence-corrected chi connectivity index (χ0v) is 6.88. The van der Waals surface area contributed by atoms with Crippen LogP contribution in [0, 0.1) is 0 Å². The van der Waals surface area contributed by atoms with Gasteiger partial charge in [-0.15, -0.1) is 0 Å². The molecule has 0 amide bonds. The summed E-state index contributed by atoms with van der Waals surface area (Å²) in [4.78, 5) is 2.76. The van der Waals surface area contributed by atoms with Gasteiger partial charge in [0.05, 0.1) is 0 Å². The van der Waals surface area contributed by atoms with E-state index in [4.69, 9.17) is 11.8 Å². The van der Waals surface area contributed by atoms with E-state index < -0.39 is 0 Å². The van der Waals surface area contributed by atoms with Gasteiger partial charge in [0.25, 0.3) is 0 Å². The molecule has 1 N–H and O–H groups in total. The third kappa shape index (κ3) is 1.39. The molecule has 1 saturated carbocycles. The van der Waals surface area contributed by atoms with Gasteiger partial charge >= 0.3 is 0 Å². The molecule has 1 nitrogen and oxygen atoms in total. The molecule has 0 spiro atoms. The molecule has 1 aliphatic rings.